The number of hydrogen-bond acceptors (Lipinski definition) is 4. The minimum absolute atomic E-state index is 0.250. The maximum Gasteiger partial charge on any atom is 0.253 e. The molecule has 138 valence electrons. The van der Waals surface area contributed by atoms with Gasteiger partial charge in [0.15, 0.2) is 0 Å². The number of pyridine rings is 1. The molecule has 0 aliphatic carbocycles. The zero-order valence-electron chi connectivity index (χ0n) is 14.4. The summed E-state index contributed by atoms with van der Waals surface area (Å²) in [5, 5.41) is 5.46. The van der Waals surface area contributed by atoms with Crippen molar-refractivity contribution >= 4 is 11.8 Å². The van der Waals surface area contributed by atoms with Gasteiger partial charge in [0.05, 0.1) is 23.9 Å². The molecule has 2 heterocycles. The van der Waals surface area contributed by atoms with Crippen LogP contribution in [0.5, 0.6) is 0 Å². The highest BCUT2D eigenvalue weighted by molar-refractivity contribution is 5.99. The number of hydrogen-bond donors (Lipinski definition) is 2. The zero-order chi connectivity index (χ0) is 19.1. The van der Waals surface area contributed by atoms with E-state index >= 15 is 0 Å². The number of aromatic nitrogens is 1. The number of carbonyl (C=O) groups is 2. The van der Waals surface area contributed by atoms with Crippen LogP contribution < -0.4 is 10.6 Å². The topological polar surface area (TPSA) is 84.2 Å². The summed E-state index contributed by atoms with van der Waals surface area (Å²) in [6, 6.07) is 11.1. The van der Waals surface area contributed by atoms with E-state index < -0.39 is 0 Å². The molecule has 0 saturated heterocycles. The van der Waals surface area contributed by atoms with Gasteiger partial charge in [0, 0.05) is 18.9 Å². The maximum atomic E-state index is 12.9. The molecule has 7 heteroatoms. The predicted octanol–water partition coefficient (Wildman–Crippen LogP) is 2.72. The first-order valence-corrected chi connectivity index (χ1v) is 8.40. The Labute approximate surface area is 155 Å². The van der Waals surface area contributed by atoms with Crippen molar-refractivity contribution in [2.24, 2.45) is 0 Å². The second kappa shape index (κ2) is 8.75. The van der Waals surface area contributed by atoms with Crippen molar-refractivity contribution in [3.63, 3.8) is 0 Å². The van der Waals surface area contributed by atoms with Crippen LogP contribution in [0.1, 0.15) is 32.0 Å². The molecule has 0 radical (unpaired) electrons. The summed E-state index contributed by atoms with van der Waals surface area (Å²) in [5.74, 6) is -0.341. The van der Waals surface area contributed by atoms with Crippen LogP contribution >= 0.6 is 0 Å². The van der Waals surface area contributed by atoms with Crippen LogP contribution in [0.15, 0.2) is 65.5 Å². The molecular weight excluding hydrogens is 349 g/mol. The van der Waals surface area contributed by atoms with Gasteiger partial charge in [-0.3, -0.25) is 14.6 Å². The fourth-order valence-electron chi connectivity index (χ4n) is 2.44. The number of furan rings is 1. The molecule has 0 saturated carbocycles. The fraction of sp³-hybridized carbons (Fsp3) is 0.150. The van der Waals surface area contributed by atoms with Gasteiger partial charge in [-0.2, -0.15) is 0 Å². The number of amides is 2. The molecule has 0 bridgehead atoms. The summed E-state index contributed by atoms with van der Waals surface area (Å²) in [6.45, 7) is 0.638. The van der Waals surface area contributed by atoms with Crippen molar-refractivity contribution in [3.8, 4) is 0 Å². The molecule has 27 heavy (non-hydrogen) atoms. The zero-order valence-corrected chi connectivity index (χ0v) is 14.4. The van der Waals surface area contributed by atoms with Crippen molar-refractivity contribution in [1.29, 1.82) is 0 Å². The molecular formula is C20H18FN3O3. The van der Waals surface area contributed by atoms with Crippen LogP contribution in [0.25, 0.3) is 0 Å². The normalized spacial score (nSPS) is 10.4. The second-order valence-corrected chi connectivity index (χ2v) is 5.86. The van der Waals surface area contributed by atoms with Gasteiger partial charge in [-0.05, 0) is 42.3 Å². The molecule has 3 rings (SSSR count). The van der Waals surface area contributed by atoms with Crippen molar-refractivity contribution in [2.45, 2.75) is 13.0 Å². The Morgan fingerprint density at radius 2 is 1.70 bits per heavy atom. The van der Waals surface area contributed by atoms with Gasteiger partial charge < -0.3 is 15.1 Å². The lowest BCUT2D eigenvalue weighted by molar-refractivity contribution is 0.0947. The Balaban J connectivity index is 1.53. The summed E-state index contributed by atoms with van der Waals surface area (Å²) in [5.41, 5.74) is 1.49. The van der Waals surface area contributed by atoms with Crippen molar-refractivity contribution in [1.82, 2.24) is 15.6 Å². The van der Waals surface area contributed by atoms with Crippen LogP contribution in [0.3, 0.4) is 0 Å². The van der Waals surface area contributed by atoms with E-state index in [4.69, 9.17) is 4.42 Å². The lowest BCUT2D eigenvalue weighted by Gasteiger charge is -2.07. The van der Waals surface area contributed by atoms with E-state index in [0.29, 0.717) is 24.3 Å². The summed E-state index contributed by atoms with van der Waals surface area (Å²) in [7, 11) is 0. The highest BCUT2D eigenvalue weighted by Gasteiger charge is 2.11. The van der Waals surface area contributed by atoms with E-state index in [9.17, 15) is 14.0 Å². The smallest absolute Gasteiger partial charge is 0.253 e. The Morgan fingerprint density at radius 1 is 1.00 bits per heavy atom. The van der Waals surface area contributed by atoms with Gasteiger partial charge in [-0.25, -0.2) is 4.39 Å². The lowest BCUT2D eigenvalue weighted by Crippen LogP contribution is -2.27. The first-order chi connectivity index (χ1) is 13.1. The molecule has 1 aromatic carbocycles. The highest BCUT2D eigenvalue weighted by atomic mass is 19.1. The van der Waals surface area contributed by atoms with E-state index in [1.165, 1.54) is 36.9 Å². The Morgan fingerprint density at radius 3 is 2.37 bits per heavy atom. The average molecular weight is 367 g/mol. The molecule has 2 amide bonds. The van der Waals surface area contributed by atoms with E-state index in [-0.39, 0.29) is 29.7 Å². The number of nitrogens with zero attached hydrogens (tertiary/aromatic N) is 1. The van der Waals surface area contributed by atoms with Crippen LogP contribution in [-0.4, -0.2) is 23.3 Å². The summed E-state index contributed by atoms with van der Waals surface area (Å²) < 4.78 is 18.0. The van der Waals surface area contributed by atoms with Crippen LogP contribution in [0.2, 0.25) is 0 Å². The monoisotopic (exact) mass is 367 g/mol. The van der Waals surface area contributed by atoms with E-state index in [0.717, 1.165) is 5.56 Å². The van der Waals surface area contributed by atoms with E-state index in [1.807, 2.05) is 0 Å². The number of nitrogens with one attached hydrogen (secondary N) is 2. The Bertz CT molecular complexity index is 908. The third-order valence-electron chi connectivity index (χ3n) is 3.88. The molecule has 0 spiro atoms. The number of rotatable bonds is 7. The molecule has 0 unspecified atom stereocenters. The SMILES string of the molecule is O=C(NCCc1ccc(F)cc1)c1cncc(C(=O)NCc2ccco2)c1. The molecule has 0 aliphatic heterocycles. The highest BCUT2D eigenvalue weighted by Crippen LogP contribution is 2.06. The van der Waals surface area contributed by atoms with Gasteiger partial charge in [0.2, 0.25) is 0 Å². The first kappa shape index (κ1) is 18.3. The third-order valence-corrected chi connectivity index (χ3v) is 3.88. The van der Waals surface area contributed by atoms with Crippen molar-refractivity contribution in [2.75, 3.05) is 6.54 Å². The van der Waals surface area contributed by atoms with Crippen LogP contribution in [0.4, 0.5) is 4.39 Å². The summed E-state index contributed by atoms with van der Waals surface area (Å²) in [6.07, 6.45) is 4.89. The molecule has 6 nitrogen and oxygen atoms in total. The van der Waals surface area contributed by atoms with Crippen LogP contribution in [-0.2, 0) is 13.0 Å². The number of carbonyl (C=O) groups excluding carboxylic acids is 2. The van der Waals surface area contributed by atoms with Gasteiger partial charge in [-0.15, -0.1) is 0 Å². The molecule has 0 aliphatic rings. The Hall–Kier alpha value is -3.48. The van der Waals surface area contributed by atoms with Gasteiger partial charge in [-0.1, -0.05) is 12.1 Å². The number of halogens is 1. The van der Waals surface area contributed by atoms with Gasteiger partial charge >= 0.3 is 0 Å². The quantitative estimate of drug-likeness (QED) is 0.672. The molecule has 0 atom stereocenters. The summed E-state index contributed by atoms with van der Waals surface area (Å²) >= 11 is 0. The van der Waals surface area contributed by atoms with Crippen molar-refractivity contribution in [3.05, 3.63) is 89.4 Å². The molecule has 3 aromatic rings. The predicted molar refractivity (Wildman–Crippen MR) is 96.6 cm³/mol. The molecule has 2 aromatic heterocycles. The Kier molecular flexibility index (Phi) is 5.94. The first-order valence-electron chi connectivity index (χ1n) is 8.40. The summed E-state index contributed by atoms with van der Waals surface area (Å²) in [4.78, 5) is 28.4. The second-order valence-electron chi connectivity index (χ2n) is 5.86. The standard InChI is InChI=1S/C20H18FN3O3/c21-17-5-3-14(4-6-17)7-8-23-19(25)15-10-16(12-22-11-15)20(26)24-13-18-2-1-9-27-18/h1-6,9-12H,7-8,13H2,(H,23,25)(H,24,26). The average Bonchev–Trinajstić information content (AvgIpc) is 3.21. The van der Waals surface area contributed by atoms with E-state index in [1.54, 1.807) is 24.3 Å². The largest absolute Gasteiger partial charge is 0.467 e. The van der Waals surface area contributed by atoms with Gasteiger partial charge in [0.1, 0.15) is 11.6 Å². The minimum Gasteiger partial charge on any atom is -0.467 e. The van der Waals surface area contributed by atoms with E-state index in [2.05, 4.69) is 15.6 Å². The minimum atomic E-state index is -0.347. The fourth-order valence-corrected chi connectivity index (χ4v) is 2.44. The lowest BCUT2D eigenvalue weighted by atomic mass is 10.1. The van der Waals surface area contributed by atoms with Crippen LogP contribution in [0, 0.1) is 5.82 Å². The maximum absolute atomic E-state index is 12.9. The third kappa shape index (κ3) is 5.24. The molecule has 0 fully saturated rings. The van der Waals surface area contributed by atoms with Gasteiger partial charge in [0.25, 0.3) is 11.8 Å². The van der Waals surface area contributed by atoms with Crippen molar-refractivity contribution < 1.29 is 18.4 Å². The number of benzene rings is 1. The molecule has 2 N–H and O–H groups in total.